The summed E-state index contributed by atoms with van der Waals surface area (Å²) in [4.78, 5) is 11.9. The van der Waals surface area contributed by atoms with Crippen LogP contribution in [0.15, 0.2) is 29.2 Å². The highest BCUT2D eigenvalue weighted by Gasteiger charge is 2.46. The van der Waals surface area contributed by atoms with Gasteiger partial charge in [0.15, 0.2) is 0 Å². The first-order valence-electron chi connectivity index (χ1n) is 6.60. The molecule has 2 aliphatic heterocycles. The van der Waals surface area contributed by atoms with Gasteiger partial charge < -0.3 is 0 Å². The van der Waals surface area contributed by atoms with Gasteiger partial charge in [-0.2, -0.15) is 4.31 Å². The number of carbonyl (C=O) groups excluding carboxylic acids is 1. The lowest BCUT2D eigenvalue weighted by molar-refractivity contribution is -0.122. The summed E-state index contributed by atoms with van der Waals surface area (Å²) in [5.41, 5.74) is 1.04. The van der Waals surface area contributed by atoms with Crippen LogP contribution in [0.5, 0.6) is 0 Å². The smallest absolute Gasteiger partial charge is 0.243 e. The SMILES string of the molecule is Cc1ccc(S(=O)(=O)N2C3CCC2CC(=O)C3)cc1. The number of hydrogen-bond acceptors (Lipinski definition) is 3. The zero-order valence-electron chi connectivity index (χ0n) is 10.9. The van der Waals surface area contributed by atoms with Crippen LogP contribution >= 0.6 is 0 Å². The topological polar surface area (TPSA) is 54.5 Å². The Labute approximate surface area is 113 Å². The second-order valence-electron chi connectivity index (χ2n) is 5.48. The van der Waals surface area contributed by atoms with Gasteiger partial charge in [-0.1, -0.05) is 17.7 Å². The van der Waals surface area contributed by atoms with Gasteiger partial charge in [-0.25, -0.2) is 8.42 Å². The molecule has 2 atom stereocenters. The fourth-order valence-corrected chi connectivity index (χ4v) is 5.02. The van der Waals surface area contributed by atoms with E-state index in [-0.39, 0.29) is 17.9 Å². The second kappa shape index (κ2) is 4.42. The lowest BCUT2D eigenvalue weighted by atomic mass is 10.0. The van der Waals surface area contributed by atoms with E-state index in [4.69, 9.17) is 0 Å². The number of rotatable bonds is 2. The van der Waals surface area contributed by atoms with Crippen molar-refractivity contribution >= 4 is 15.8 Å². The van der Waals surface area contributed by atoms with Gasteiger partial charge in [-0.15, -0.1) is 0 Å². The number of piperidine rings is 1. The van der Waals surface area contributed by atoms with Crippen molar-refractivity contribution in [3.63, 3.8) is 0 Å². The zero-order chi connectivity index (χ0) is 13.6. The molecular formula is C14H17NO3S. The Hall–Kier alpha value is -1.20. The monoisotopic (exact) mass is 279 g/mol. The number of sulfonamides is 1. The molecule has 4 nitrogen and oxygen atoms in total. The van der Waals surface area contributed by atoms with Gasteiger partial charge in [0.05, 0.1) is 4.90 Å². The van der Waals surface area contributed by atoms with Crippen LogP contribution in [0.4, 0.5) is 0 Å². The quantitative estimate of drug-likeness (QED) is 0.830. The maximum Gasteiger partial charge on any atom is 0.243 e. The van der Waals surface area contributed by atoms with Crippen LogP contribution in [-0.2, 0) is 14.8 Å². The predicted octanol–water partition coefficient (Wildman–Crippen LogP) is 1.88. The molecule has 2 unspecified atom stereocenters. The maximum absolute atomic E-state index is 12.7. The lowest BCUT2D eigenvalue weighted by Crippen LogP contribution is -2.46. The fraction of sp³-hybridized carbons (Fsp3) is 0.500. The molecule has 1 aromatic rings. The van der Waals surface area contributed by atoms with Crippen LogP contribution in [-0.4, -0.2) is 30.6 Å². The molecule has 2 fully saturated rings. The lowest BCUT2D eigenvalue weighted by Gasteiger charge is -2.32. The largest absolute Gasteiger partial charge is 0.300 e. The summed E-state index contributed by atoms with van der Waals surface area (Å²) >= 11 is 0. The molecule has 0 aliphatic carbocycles. The van der Waals surface area contributed by atoms with Crippen molar-refractivity contribution in [3.05, 3.63) is 29.8 Å². The number of carbonyl (C=O) groups is 1. The standard InChI is InChI=1S/C14H17NO3S/c1-10-2-6-14(7-3-10)19(17,18)15-11-4-5-12(15)9-13(16)8-11/h2-3,6-7,11-12H,4-5,8-9H2,1H3. The van der Waals surface area contributed by atoms with Crippen LogP contribution in [0, 0.1) is 6.92 Å². The number of nitrogens with zero attached hydrogens (tertiary/aromatic N) is 1. The van der Waals surface area contributed by atoms with Gasteiger partial charge in [-0.05, 0) is 31.9 Å². The first kappa shape index (κ1) is 12.8. The molecule has 0 spiro atoms. The third-order valence-electron chi connectivity index (χ3n) is 4.08. The molecule has 0 saturated carbocycles. The van der Waals surface area contributed by atoms with Crippen molar-refractivity contribution in [1.29, 1.82) is 0 Å². The average molecular weight is 279 g/mol. The Balaban J connectivity index is 1.97. The van der Waals surface area contributed by atoms with E-state index in [1.807, 2.05) is 19.1 Å². The van der Waals surface area contributed by atoms with E-state index < -0.39 is 10.0 Å². The van der Waals surface area contributed by atoms with E-state index in [0.29, 0.717) is 17.7 Å². The van der Waals surface area contributed by atoms with Gasteiger partial charge >= 0.3 is 0 Å². The highest BCUT2D eigenvalue weighted by Crippen LogP contribution is 2.38. The Kier molecular flexibility index (Phi) is 2.98. The molecule has 5 heteroatoms. The van der Waals surface area contributed by atoms with E-state index >= 15 is 0 Å². The van der Waals surface area contributed by atoms with Crippen molar-refractivity contribution in [1.82, 2.24) is 4.31 Å². The third-order valence-corrected chi connectivity index (χ3v) is 6.10. The van der Waals surface area contributed by atoms with Gasteiger partial charge in [0, 0.05) is 24.9 Å². The van der Waals surface area contributed by atoms with E-state index in [1.165, 1.54) is 0 Å². The number of ketones is 1. The molecule has 2 heterocycles. The molecule has 102 valence electrons. The highest BCUT2D eigenvalue weighted by molar-refractivity contribution is 7.89. The van der Waals surface area contributed by atoms with Crippen molar-refractivity contribution in [2.45, 2.75) is 49.6 Å². The number of aryl methyl sites for hydroxylation is 1. The molecule has 0 aromatic heterocycles. The van der Waals surface area contributed by atoms with Crippen LogP contribution < -0.4 is 0 Å². The van der Waals surface area contributed by atoms with Gasteiger partial charge in [0.25, 0.3) is 0 Å². The first-order valence-corrected chi connectivity index (χ1v) is 8.04. The normalized spacial score (nSPS) is 27.7. The van der Waals surface area contributed by atoms with Crippen LogP contribution in [0.2, 0.25) is 0 Å². The second-order valence-corrected chi connectivity index (χ2v) is 7.32. The molecule has 3 rings (SSSR count). The minimum absolute atomic E-state index is 0.127. The summed E-state index contributed by atoms with van der Waals surface area (Å²) in [5, 5.41) is 0. The van der Waals surface area contributed by atoms with Crippen molar-refractivity contribution in [3.8, 4) is 0 Å². The Morgan fingerprint density at radius 3 is 2.11 bits per heavy atom. The van der Waals surface area contributed by atoms with Gasteiger partial charge in [-0.3, -0.25) is 4.79 Å². The van der Waals surface area contributed by atoms with Crippen molar-refractivity contribution < 1.29 is 13.2 Å². The van der Waals surface area contributed by atoms with E-state index in [1.54, 1.807) is 16.4 Å². The first-order chi connectivity index (χ1) is 8.98. The van der Waals surface area contributed by atoms with Crippen molar-refractivity contribution in [2.24, 2.45) is 0 Å². The molecule has 2 saturated heterocycles. The molecule has 2 aliphatic rings. The summed E-state index contributed by atoms with van der Waals surface area (Å²) in [7, 11) is -3.46. The number of hydrogen-bond donors (Lipinski definition) is 0. The Bertz CT molecular complexity index is 590. The van der Waals surface area contributed by atoms with Gasteiger partial charge in [0.1, 0.15) is 5.78 Å². The molecule has 0 N–H and O–H groups in total. The minimum atomic E-state index is -3.46. The predicted molar refractivity (Wildman–Crippen MR) is 71.3 cm³/mol. The van der Waals surface area contributed by atoms with Crippen LogP contribution in [0.25, 0.3) is 0 Å². The third kappa shape index (κ3) is 2.11. The summed E-state index contributed by atoms with van der Waals surface area (Å²) in [6.45, 7) is 1.93. The summed E-state index contributed by atoms with van der Waals surface area (Å²) in [5.74, 6) is 0.197. The number of fused-ring (bicyclic) bond motifs is 2. The zero-order valence-corrected chi connectivity index (χ0v) is 11.7. The van der Waals surface area contributed by atoms with Gasteiger partial charge in [0.2, 0.25) is 10.0 Å². The van der Waals surface area contributed by atoms with E-state index in [2.05, 4.69) is 0 Å². The Morgan fingerprint density at radius 2 is 1.58 bits per heavy atom. The van der Waals surface area contributed by atoms with Crippen molar-refractivity contribution in [2.75, 3.05) is 0 Å². The van der Waals surface area contributed by atoms with Crippen LogP contribution in [0.1, 0.15) is 31.2 Å². The number of Topliss-reactive ketones (excluding diaryl/α,β-unsaturated/α-hetero) is 1. The Morgan fingerprint density at radius 1 is 1.05 bits per heavy atom. The van der Waals surface area contributed by atoms with E-state index in [0.717, 1.165) is 18.4 Å². The number of benzene rings is 1. The molecule has 1 aromatic carbocycles. The molecule has 0 amide bonds. The molecule has 0 radical (unpaired) electrons. The minimum Gasteiger partial charge on any atom is -0.300 e. The molecule has 2 bridgehead atoms. The summed E-state index contributed by atoms with van der Waals surface area (Å²) < 4.78 is 26.9. The summed E-state index contributed by atoms with van der Waals surface area (Å²) in [6.07, 6.45) is 2.37. The molecular weight excluding hydrogens is 262 g/mol. The van der Waals surface area contributed by atoms with Crippen LogP contribution in [0.3, 0.4) is 0 Å². The highest BCUT2D eigenvalue weighted by atomic mass is 32.2. The summed E-state index contributed by atoms with van der Waals surface area (Å²) in [6, 6.07) is 6.67. The van der Waals surface area contributed by atoms with E-state index in [9.17, 15) is 13.2 Å². The maximum atomic E-state index is 12.7. The molecule has 19 heavy (non-hydrogen) atoms. The average Bonchev–Trinajstić information content (AvgIpc) is 2.64. The fourth-order valence-electron chi connectivity index (χ4n) is 3.15.